The summed E-state index contributed by atoms with van der Waals surface area (Å²) in [6, 6.07) is 9.40. The van der Waals surface area contributed by atoms with E-state index in [9.17, 15) is 4.39 Å². The minimum absolute atomic E-state index is 0.0988. The van der Waals surface area contributed by atoms with E-state index in [4.69, 9.17) is 0 Å². The van der Waals surface area contributed by atoms with Gasteiger partial charge in [-0.25, -0.2) is 4.39 Å². The van der Waals surface area contributed by atoms with Crippen LogP contribution in [0.25, 0.3) is 0 Å². The lowest BCUT2D eigenvalue weighted by Gasteiger charge is -2.17. The molecule has 0 amide bonds. The van der Waals surface area contributed by atoms with Gasteiger partial charge in [-0.1, -0.05) is 25.1 Å². The van der Waals surface area contributed by atoms with E-state index < -0.39 is 0 Å². The molecule has 0 aliphatic carbocycles. The van der Waals surface area contributed by atoms with E-state index in [1.807, 2.05) is 29.1 Å². The fourth-order valence-electron chi connectivity index (χ4n) is 2.44. The Balaban J connectivity index is 2.18. The first-order valence-electron chi connectivity index (χ1n) is 7.61. The fraction of sp³-hybridized carbons (Fsp3) is 0.471. The number of hydrogen-bond acceptors (Lipinski definition) is 2. The lowest BCUT2D eigenvalue weighted by Crippen LogP contribution is -2.23. The zero-order chi connectivity index (χ0) is 15.2. The molecule has 1 heterocycles. The van der Waals surface area contributed by atoms with Gasteiger partial charge in [-0.05, 0) is 44.5 Å². The fourth-order valence-corrected chi connectivity index (χ4v) is 2.44. The zero-order valence-electron chi connectivity index (χ0n) is 13.0. The number of halogens is 1. The molecule has 0 saturated heterocycles. The maximum absolute atomic E-state index is 14.0. The van der Waals surface area contributed by atoms with Crippen molar-refractivity contribution in [2.75, 3.05) is 13.1 Å². The molecule has 1 aromatic heterocycles. The average Bonchev–Trinajstić information content (AvgIpc) is 2.93. The van der Waals surface area contributed by atoms with Gasteiger partial charge < -0.3 is 5.32 Å². The first-order chi connectivity index (χ1) is 10.1. The van der Waals surface area contributed by atoms with E-state index in [1.165, 1.54) is 6.07 Å². The molecule has 1 aromatic carbocycles. The Morgan fingerprint density at radius 1 is 1.24 bits per heavy atom. The molecule has 3 nitrogen and oxygen atoms in total. The second-order valence-corrected chi connectivity index (χ2v) is 5.61. The summed E-state index contributed by atoms with van der Waals surface area (Å²) in [7, 11) is 0. The number of hydrogen-bond donors (Lipinski definition) is 1. The van der Waals surface area contributed by atoms with Crippen molar-refractivity contribution < 1.29 is 4.39 Å². The van der Waals surface area contributed by atoms with Crippen molar-refractivity contribution in [3.63, 3.8) is 0 Å². The number of rotatable bonds is 7. The van der Waals surface area contributed by atoms with E-state index in [1.54, 1.807) is 6.07 Å². The van der Waals surface area contributed by atoms with Crippen molar-refractivity contribution >= 4 is 0 Å². The molecular formula is C17H24FN3. The van der Waals surface area contributed by atoms with Gasteiger partial charge in [-0.3, -0.25) is 4.68 Å². The number of nitrogens with zero attached hydrogens (tertiary/aromatic N) is 2. The first kappa shape index (κ1) is 15.7. The first-order valence-corrected chi connectivity index (χ1v) is 7.61. The number of nitrogens with one attached hydrogen (secondary N) is 1. The highest BCUT2D eigenvalue weighted by atomic mass is 19.1. The van der Waals surface area contributed by atoms with Crippen LogP contribution >= 0.6 is 0 Å². The smallest absolute Gasteiger partial charge is 0.126 e. The van der Waals surface area contributed by atoms with Crippen molar-refractivity contribution in [2.24, 2.45) is 0 Å². The minimum Gasteiger partial charge on any atom is -0.316 e. The Morgan fingerprint density at radius 2 is 2.00 bits per heavy atom. The van der Waals surface area contributed by atoms with Crippen molar-refractivity contribution in [3.05, 3.63) is 53.6 Å². The SMILES string of the molecule is CCNCC(Cc1ccn(C(C)C)n1)c1ccccc1F. The van der Waals surface area contributed by atoms with Crippen LogP contribution in [0.5, 0.6) is 0 Å². The van der Waals surface area contributed by atoms with Crippen molar-refractivity contribution in [3.8, 4) is 0 Å². The molecule has 0 bridgehead atoms. The molecule has 4 heteroatoms. The third-order valence-electron chi connectivity index (χ3n) is 3.63. The van der Waals surface area contributed by atoms with Crippen LogP contribution < -0.4 is 5.32 Å². The molecule has 21 heavy (non-hydrogen) atoms. The molecule has 0 fully saturated rings. The standard InChI is InChI=1S/C17H24FN3/c1-4-19-12-14(16-7-5-6-8-17(16)18)11-15-9-10-21(20-15)13(2)3/h5-10,13-14,19H,4,11-12H2,1-3H3. The van der Waals surface area contributed by atoms with Gasteiger partial charge in [0, 0.05) is 24.7 Å². The maximum Gasteiger partial charge on any atom is 0.126 e. The van der Waals surface area contributed by atoms with Gasteiger partial charge in [0.25, 0.3) is 0 Å². The number of likely N-dealkylation sites (N-methyl/N-ethyl adjacent to an activating group) is 1. The second kappa shape index (κ2) is 7.36. The second-order valence-electron chi connectivity index (χ2n) is 5.61. The van der Waals surface area contributed by atoms with Crippen LogP contribution in [0.15, 0.2) is 36.5 Å². The molecule has 0 radical (unpaired) electrons. The normalized spacial score (nSPS) is 12.8. The molecule has 2 rings (SSSR count). The third-order valence-corrected chi connectivity index (χ3v) is 3.63. The van der Waals surface area contributed by atoms with Crippen LogP contribution in [0.2, 0.25) is 0 Å². The highest BCUT2D eigenvalue weighted by Gasteiger charge is 2.17. The van der Waals surface area contributed by atoms with Crippen molar-refractivity contribution in [1.82, 2.24) is 15.1 Å². The van der Waals surface area contributed by atoms with Crippen LogP contribution in [-0.4, -0.2) is 22.9 Å². The Bertz CT molecular complexity index is 563. The third kappa shape index (κ3) is 4.14. The van der Waals surface area contributed by atoms with E-state index in [-0.39, 0.29) is 11.7 Å². The number of aromatic nitrogens is 2. The summed E-state index contributed by atoms with van der Waals surface area (Å²) in [5.74, 6) is -0.0367. The monoisotopic (exact) mass is 289 g/mol. The molecule has 0 saturated carbocycles. The van der Waals surface area contributed by atoms with Crippen LogP contribution in [0.3, 0.4) is 0 Å². The predicted octanol–water partition coefficient (Wildman–Crippen LogP) is 3.54. The van der Waals surface area contributed by atoms with E-state index in [0.717, 1.165) is 30.8 Å². The topological polar surface area (TPSA) is 29.9 Å². The lowest BCUT2D eigenvalue weighted by molar-refractivity contribution is 0.511. The predicted molar refractivity (Wildman–Crippen MR) is 84.0 cm³/mol. The summed E-state index contributed by atoms with van der Waals surface area (Å²) in [6.07, 6.45) is 2.74. The van der Waals surface area contributed by atoms with Crippen LogP contribution in [0, 0.1) is 5.82 Å². The Hall–Kier alpha value is -1.68. The van der Waals surface area contributed by atoms with E-state index in [2.05, 4.69) is 31.2 Å². The Labute approximate surface area is 126 Å². The summed E-state index contributed by atoms with van der Waals surface area (Å²) in [4.78, 5) is 0. The zero-order valence-corrected chi connectivity index (χ0v) is 13.0. The molecule has 0 spiro atoms. The average molecular weight is 289 g/mol. The molecular weight excluding hydrogens is 265 g/mol. The van der Waals surface area contributed by atoms with Gasteiger partial charge in [0.05, 0.1) is 5.69 Å². The Kier molecular flexibility index (Phi) is 5.51. The summed E-state index contributed by atoms with van der Waals surface area (Å²) in [5, 5.41) is 7.90. The molecule has 1 N–H and O–H groups in total. The molecule has 0 aliphatic heterocycles. The summed E-state index contributed by atoms with van der Waals surface area (Å²) in [5.41, 5.74) is 1.77. The molecule has 1 atom stereocenters. The molecule has 1 unspecified atom stereocenters. The molecule has 2 aromatic rings. The largest absolute Gasteiger partial charge is 0.316 e. The van der Waals surface area contributed by atoms with Gasteiger partial charge in [0.1, 0.15) is 5.82 Å². The molecule has 114 valence electrons. The Morgan fingerprint density at radius 3 is 2.62 bits per heavy atom. The van der Waals surface area contributed by atoms with E-state index >= 15 is 0 Å². The van der Waals surface area contributed by atoms with Crippen molar-refractivity contribution in [1.29, 1.82) is 0 Å². The van der Waals surface area contributed by atoms with Crippen molar-refractivity contribution in [2.45, 2.75) is 39.2 Å². The van der Waals surface area contributed by atoms with Crippen LogP contribution in [-0.2, 0) is 6.42 Å². The van der Waals surface area contributed by atoms with Gasteiger partial charge in [-0.15, -0.1) is 0 Å². The minimum atomic E-state index is -0.135. The summed E-state index contributed by atoms with van der Waals surface area (Å²) in [6.45, 7) is 7.90. The quantitative estimate of drug-likeness (QED) is 0.845. The molecule has 0 aliphatic rings. The highest BCUT2D eigenvalue weighted by Crippen LogP contribution is 2.22. The maximum atomic E-state index is 14.0. The lowest BCUT2D eigenvalue weighted by atomic mass is 9.93. The van der Waals surface area contributed by atoms with Gasteiger partial charge in [0.15, 0.2) is 0 Å². The van der Waals surface area contributed by atoms with Crippen LogP contribution in [0.1, 0.15) is 44.0 Å². The van der Waals surface area contributed by atoms with Gasteiger partial charge in [-0.2, -0.15) is 5.10 Å². The van der Waals surface area contributed by atoms with Gasteiger partial charge in [0.2, 0.25) is 0 Å². The summed E-state index contributed by atoms with van der Waals surface area (Å²) >= 11 is 0. The number of benzene rings is 1. The van der Waals surface area contributed by atoms with Gasteiger partial charge >= 0.3 is 0 Å². The highest BCUT2D eigenvalue weighted by molar-refractivity contribution is 5.24. The summed E-state index contributed by atoms with van der Waals surface area (Å²) < 4.78 is 16.0. The van der Waals surface area contributed by atoms with E-state index in [0.29, 0.717) is 6.04 Å². The van der Waals surface area contributed by atoms with Crippen LogP contribution in [0.4, 0.5) is 4.39 Å².